The fourth-order valence-corrected chi connectivity index (χ4v) is 3.42. The molecule has 0 amide bonds. The first kappa shape index (κ1) is 12.0. The van der Waals surface area contributed by atoms with E-state index >= 15 is 0 Å². The molecule has 1 aromatic carbocycles. The highest BCUT2D eigenvalue weighted by Gasteiger charge is 2.19. The van der Waals surface area contributed by atoms with Crippen LogP contribution in [0.2, 0.25) is 5.02 Å². The van der Waals surface area contributed by atoms with Crippen molar-refractivity contribution in [3.05, 3.63) is 55.8 Å². The Morgan fingerprint density at radius 3 is 2.83 bits per heavy atom. The summed E-state index contributed by atoms with van der Waals surface area (Å²) in [4.78, 5) is 12.9. The van der Waals surface area contributed by atoms with Crippen molar-refractivity contribution in [3.63, 3.8) is 0 Å². The van der Waals surface area contributed by atoms with Crippen LogP contribution in [0.3, 0.4) is 0 Å². The topological polar surface area (TPSA) is 30.2 Å². The molecule has 90 valence electrons. The molecule has 0 aliphatic rings. The second kappa shape index (κ2) is 4.53. The fraction of sp³-hybridized carbons (Fsp3) is 0. The molecule has 5 heteroatoms. The minimum atomic E-state index is -0.135. The number of hydrogen-bond donors (Lipinski definition) is 0. The van der Waals surface area contributed by atoms with E-state index in [9.17, 15) is 4.79 Å². The molecule has 0 unspecified atom stereocenters. The monoisotopic (exact) mass is 340 g/mol. The lowest BCUT2D eigenvalue weighted by atomic mass is 10.2. The van der Waals surface area contributed by atoms with Crippen molar-refractivity contribution in [1.29, 1.82) is 0 Å². The quantitative estimate of drug-likeness (QED) is 0.604. The predicted molar refractivity (Wildman–Crippen MR) is 76.7 cm³/mol. The number of carbonyl (C=O) groups is 1. The molecule has 2 aromatic heterocycles. The van der Waals surface area contributed by atoms with Crippen LogP contribution < -0.4 is 0 Å². The average molecular weight is 342 g/mol. The zero-order chi connectivity index (χ0) is 12.7. The second-order valence-electron chi connectivity index (χ2n) is 3.70. The molecule has 0 saturated heterocycles. The SMILES string of the molecule is O=C(c1cc2cccc(Cl)c2o1)c1sccc1Br. The molecule has 0 bridgehead atoms. The van der Waals surface area contributed by atoms with Crippen LogP contribution in [-0.2, 0) is 0 Å². The summed E-state index contributed by atoms with van der Waals surface area (Å²) in [5.41, 5.74) is 0.551. The maximum atomic E-state index is 12.3. The van der Waals surface area contributed by atoms with Crippen molar-refractivity contribution in [2.45, 2.75) is 0 Å². The third kappa shape index (κ3) is 1.90. The van der Waals surface area contributed by atoms with Gasteiger partial charge >= 0.3 is 0 Å². The van der Waals surface area contributed by atoms with Gasteiger partial charge in [0.25, 0.3) is 0 Å². The van der Waals surface area contributed by atoms with E-state index in [0.717, 1.165) is 9.86 Å². The molecule has 0 N–H and O–H groups in total. The molecule has 0 atom stereocenters. The van der Waals surface area contributed by atoms with Crippen LogP contribution in [0, 0.1) is 0 Å². The summed E-state index contributed by atoms with van der Waals surface area (Å²) in [6.07, 6.45) is 0. The van der Waals surface area contributed by atoms with Crippen molar-refractivity contribution < 1.29 is 9.21 Å². The molecule has 0 radical (unpaired) electrons. The molecule has 0 aliphatic heterocycles. The maximum Gasteiger partial charge on any atom is 0.239 e. The van der Waals surface area contributed by atoms with E-state index in [1.807, 2.05) is 23.6 Å². The normalized spacial score (nSPS) is 11.0. The maximum absolute atomic E-state index is 12.3. The van der Waals surface area contributed by atoms with Crippen molar-refractivity contribution in [3.8, 4) is 0 Å². The lowest BCUT2D eigenvalue weighted by Crippen LogP contribution is -1.96. The van der Waals surface area contributed by atoms with Crippen molar-refractivity contribution in [2.75, 3.05) is 0 Å². The molecule has 2 heterocycles. The highest BCUT2D eigenvalue weighted by molar-refractivity contribution is 9.10. The van der Waals surface area contributed by atoms with E-state index in [1.165, 1.54) is 11.3 Å². The van der Waals surface area contributed by atoms with E-state index in [1.54, 1.807) is 12.1 Å². The van der Waals surface area contributed by atoms with Gasteiger partial charge in [0.15, 0.2) is 11.3 Å². The molecule has 3 rings (SSSR count). The molecule has 0 fully saturated rings. The van der Waals surface area contributed by atoms with Crippen LogP contribution in [0.4, 0.5) is 0 Å². The molecule has 2 nitrogen and oxygen atoms in total. The molecule has 3 aromatic rings. The summed E-state index contributed by atoms with van der Waals surface area (Å²) in [5.74, 6) is 0.172. The first-order chi connectivity index (χ1) is 8.66. The first-order valence-electron chi connectivity index (χ1n) is 5.12. The van der Waals surface area contributed by atoms with Gasteiger partial charge in [0, 0.05) is 9.86 Å². The minimum absolute atomic E-state index is 0.135. The van der Waals surface area contributed by atoms with E-state index in [0.29, 0.717) is 21.2 Å². The third-order valence-corrected chi connectivity index (χ3v) is 4.68. The standard InChI is InChI=1S/C13H6BrClO2S/c14-8-4-5-18-13(8)11(16)10-6-7-2-1-3-9(15)12(7)17-10/h1-6H. The summed E-state index contributed by atoms with van der Waals surface area (Å²) >= 11 is 10.7. The Kier molecular flexibility index (Phi) is 3.01. The Hall–Kier alpha value is -1.10. The highest BCUT2D eigenvalue weighted by atomic mass is 79.9. The predicted octanol–water partition coefficient (Wildman–Crippen LogP) is 5.14. The molecule has 18 heavy (non-hydrogen) atoms. The first-order valence-corrected chi connectivity index (χ1v) is 7.17. The van der Waals surface area contributed by atoms with Gasteiger partial charge in [-0.15, -0.1) is 11.3 Å². The largest absolute Gasteiger partial charge is 0.451 e. The van der Waals surface area contributed by atoms with Gasteiger partial charge < -0.3 is 4.42 Å². The van der Waals surface area contributed by atoms with Crippen LogP contribution in [0.25, 0.3) is 11.0 Å². The summed E-state index contributed by atoms with van der Waals surface area (Å²) in [5, 5.41) is 3.20. The number of furan rings is 1. The highest BCUT2D eigenvalue weighted by Crippen LogP contribution is 2.30. The number of carbonyl (C=O) groups excluding carboxylic acids is 1. The van der Waals surface area contributed by atoms with E-state index < -0.39 is 0 Å². The number of ketones is 1. The summed E-state index contributed by atoms with van der Waals surface area (Å²) in [6.45, 7) is 0. The molecule has 0 saturated carbocycles. The van der Waals surface area contributed by atoms with Gasteiger partial charge in [-0.25, -0.2) is 0 Å². The Morgan fingerprint density at radius 1 is 1.33 bits per heavy atom. The van der Waals surface area contributed by atoms with E-state index in [-0.39, 0.29) is 5.78 Å². The van der Waals surface area contributed by atoms with Crippen molar-refractivity contribution in [2.24, 2.45) is 0 Å². The number of hydrogen-bond acceptors (Lipinski definition) is 3. The van der Waals surface area contributed by atoms with Gasteiger partial charge in [-0.1, -0.05) is 23.7 Å². The number of para-hydroxylation sites is 1. The van der Waals surface area contributed by atoms with Gasteiger partial charge in [0.1, 0.15) is 0 Å². The van der Waals surface area contributed by atoms with Gasteiger partial charge in [-0.05, 0) is 39.5 Å². The molecule has 0 spiro atoms. The Bertz CT molecular complexity index is 744. The molecule has 0 aliphatic carbocycles. The van der Waals surface area contributed by atoms with Gasteiger partial charge in [-0.2, -0.15) is 0 Å². The lowest BCUT2D eigenvalue weighted by molar-refractivity contribution is 0.101. The van der Waals surface area contributed by atoms with Crippen LogP contribution in [0.5, 0.6) is 0 Å². The number of fused-ring (bicyclic) bond motifs is 1. The Labute approximate surface area is 120 Å². The summed E-state index contributed by atoms with van der Waals surface area (Å²) in [7, 11) is 0. The average Bonchev–Trinajstić information content (AvgIpc) is 2.95. The number of rotatable bonds is 2. The number of halogens is 2. The van der Waals surface area contributed by atoms with Crippen molar-refractivity contribution >= 4 is 55.6 Å². The molecular weight excluding hydrogens is 336 g/mol. The van der Waals surface area contributed by atoms with Gasteiger partial charge in [-0.3, -0.25) is 4.79 Å². The fourth-order valence-electron chi connectivity index (χ4n) is 1.71. The summed E-state index contributed by atoms with van der Waals surface area (Å²) < 4.78 is 6.33. The third-order valence-electron chi connectivity index (χ3n) is 2.54. The van der Waals surface area contributed by atoms with E-state index in [4.69, 9.17) is 16.0 Å². The molecular formula is C13H6BrClO2S. The Balaban J connectivity index is 2.13. The number of thiophene rings is 1. The zero-order valence-electron chi connectivity index (χ0n) is 8.94. The second-order valence-corrected chi connectivity index (χ2v) is 5.87. The minimum Gasteiger partial charge on any atom is -0.451 e. The lowest BCUT2D eigenvalue weighted by Gasteiger charge is -1.93. The van der Waals surface area contributed by atoms with Crippen LogP contribution in [0.15, 0.2) is 44.6 Å². The van der Waals surface area contributed by atoms with Crippen LogP contribution in [-0.4, -0.2) is 5.78 Å². The van der Waals surface area contributed by atoms with E-state index in [2.05, 4.69) is 15.9 Å². The van der Waals surface area contributed by atoms with Crippen LogP contribution >= 0.6 is 38.9 Å². The van der Waals surface area contributed by atoms with Crippen molar-refractivity contribution in [1.82, 2.24) is 0 Å². The zero-order valence-corrected chi connectivity index (χ0v) is 12.1. The Morgan fingerprint density at radius 2 is 2.17 bits per heavy atom. The smallest absolute Gasteiger partial charge is 0.239 e. The number of benzene rings is 1. The summed E-state index contributed by atoms with van der Waals surface area (Å²) in [6, 6.07) is 8.99. The van der Waals surface area contributed by atoms with Gasteiger partial charge in [0.2, 0.25) is 5.78 Å². The van der Waals surface area contributed by atoms with Gasteiger partial charge in [0.05, 0.1) is 9.90 Å². The van der Waals surface area contributed by atoms with Crippen LogP contribution in [0.1, 0.15) is 15.4 Å².